The van der Waals surface area contributed by atoms with Gasteiger partial charge in [-0.15, -0.1) is 0 Å². The highest BCUT2D eigenvalue weighted by molar-refractivity contribution is 5.43. The standard InChI is InChI=1S/C17H24O5/c1-6-9(2)7-10(3)14-17(5,20)15-12(8-21-14)13(18)11(4)16(19)22-15/h7,9,14,18,20H,6,8H2,1-5H3/t9-,14+,17-/m0/s1. The van der Waals surface area contributed by atoms with Gasteiger partial charge in [0.2, 0.25) is 0 Å². The Morgan fingerprint density at radius 3 is 2.77 bits per heavy atom. The highest BCUT2D eigenvalue weighted by Gasteiger charge is 2.45. The third-order valence-corrected chi connectivity index (χ3v) is 4.39. The number of ether oxygens (including phenoxy) is 1. The van der Waals surface area contributed by atoms with Crippen molar-refractivity contribution < 1.29 is 19.4 Å². The van der Waals surface area contributed by atoms with Crippen LogP contribution in [0.25, 0.3) is 0 Å². The molecule has 2 heterocycles. The van der Waals surface area contributed by atoms with Crippen LogP contribution in [-0.2, 0) is 16.9 Å². The lowest BCUT2D eigenvalue weighted by Crippen LogP contribution is -2.44. The second-order valence-electron chi connectivity index (χ2n) is 6.31. The van der Waals surface area contributed by atoms with Crippen LogP contribution in [-0.4, -0.2) is 16.3 Å². The number of aromatic hydroxyl groups is 1. The topological polar surface area (TPSA) is 79.9 Å². The van der Waals surface area contributed by atoms with Crippen molar-refractivity contribution in [2.45, 2.75) is 59.4 Å². The Balaban J connectivity index is 2.51. The largest absolute Gasteiger partial charge is 0.507 e. The van der Waals surface area contributed by atoms with E-state index in [1.54, 1.807) is 6.92 Å². The van der Waals surface area contributed by atoms with Gasteiger partial charge in [0.05, 0.1) is 17.7 Å². The van der Waals surface area contributed by atoms with Gasteiger partial charge in [0, 0.05) is 0 Å². The SMILES string of the molecule is CC[C@H](C)C=C(C)[C@H]1OCc2c(oc(=O)c(C)c2O)[C@@]1(C)O. The van der Waals surface area contributed by atoms with E-state index in [2.05, 4.69) is 19.9 Å². The molecule has 0 radical (unpaired) electrons. The summed E-state index contributed by atoms with van der Waals surface area (Å²) in [6.45, 7) is 9.19. The van der Waals surface area contributed by atoms with Gasteiger partial charge in [0.25, 0.3) is 0 Å². The molecule has 3 atom stereocenters. The summed E-state index contributed by atoms with van der Waals surface area (Å²) in [7, 11) is 0. The predicted octanol–water partition coefficient (Wildman–Crippen LogP) is 2.75. The van der Waals surface area contributed by atoms with Crippen molar-refractivity contribution in [1.29, 1.82) is 0 Å². The van der Waals surface area contributed by atoms with E-state index in [1.807, 2.05) is 6.92 Å². The van der Waals surface area contributed by atoms with E-state index in [-0.39, 0.29) is 23.7 Å². The molecule has 22 heavy (non-hydrogen) atoms. The Morgan fingerprint density at radius 2 is 2.18 bits per heavy atom. The molecule has 1 aliphatic heterocycles. The third kappa shape index (κ3) is 2.71. The molecule has 2 rings (SSSR count). The van der Waals surface area contributed by atoms with Gasteiger partial charge >= 0.3 is 5.63 Å². The molecule has 0 amide bonds. The van der Waals surface area contributed by atoms with Crippen LogP contribution < -0.4 is 5.63 Å². The summed E-state index contributed by atoms with van der Waals surface area (Å²) in [5.41, 5.74) is -0.794. The molecule has 0 aromatic carbocycles. The second kappa shape index (κ2) is 5.89. The van der Waals surface area contributed by atoms with E-state index < -0.39 is 17.3 Å². The van der Waals surface area contributed by atoms with E-state index in [1.165, 1.54) is 6.92 Å². The van der Waals surface area contributed by atoms with Gasteiger partial charge in [-0.1, -0.05) is 26.3 Å². The first-order valence-electron chi connectivity index (χ1n) is 7.58. The van der Waals surface area contributed by atoms with Crippen molar-refractivity contribution in [2.75, 3.05) is 0 Å². The molecule has 5 nitrogen and oxygen atoms in total. The highest BCUT2D eigenvalue weighted by Crippen LogP contribution is 2.41. The number of hydrogen-bond donors (Lipinski definition) is 2. The molecule has 0 bridgehead atoms. The zero-order chi connectivity index (χ0) is 16.7. The maximum atomic E-state index is 11.8. The first-order chi connectivity index (χ1) is 10.2. The van der Waals surface area contributed by atoms with Crippen LogP contribution in [0, 0.1) is 12.8 Å². The van der Waals surface area contributed by atoms with E-state index >= 15 is 0 Å². The minimum Gasteiger partial charge on any atom is -0.507 e. The first kappa shape index (κ1) is 16.8. The maximum absolute atomic E-state index is 11.8. The fourth-order valence-corrected chi connectivity index (χ4v) is 2.88. The summed E-state index contributed by atoms with van der Waals surface area (Å²) in [6.07, 6.45) is 2.42. The molecule has 1 aromatic heterocycles. The zero-order valence-electron chi connectivity index (χ0n) is 13.8. The molecule has 5 heteroatoms. The van der Waals surface area contributed by atoms with Gasteiger partial charge in [-0.2, -0.15) is 0 Å². The lowest BCUT2D eigenvalue weighted by Gasteiger charge is -2.38. The average molecular weight is 308 g/mol. The Labute approximate surface area is 130 Å². The molecule has 0 saturated carbocycles. The normalized spacial score (nSPS) is 26.6. The van der Waals surface area contributed by atoms with Gasteiger partial charge in [-0.05, 0) is 32.3 Å². The minimum atomic E-state index is -1.51. The fourth-order valence-electron chi connectivity index (χ4n) is 2.88. The third-order valence-electron chi connectivity index (χ3n) is 4.39. The Bertz CT molecular complexity index is 654. The number of allylic oxidation sites excluding steroid dienone is 1. The smallest absolute Gasteiger partial charge is 0.342 e. The first-order valence-corrected chi connectivity index (χ1v) is 7.58. The van der Waals surface area contributed by atoms with Gasteiger partial charge < -0.3 is 19.4 Å². The average Bonchev–Trinajstić information content (AvgIpc) is 2.45. The zero-order valence-corrected chi connectivity index (χ0v) is 13.8. The molecular formula is C17H24O5. The van der Waals surface area contributed by atoms with E-state index in [0.717, 1.165) is 12.0 Å². The summed E-state index contributed by atoms with van der Waals surface area (Å²) in [5.74, 6) is 0.293. The number of aliphatic hydroxyl groups is 1. The van der Waals surface area contributed by atoms with Crippen LogP contribution in [0.2, 0.25) is 0 Å². The Hall–Kier alpha value is -1.59. The number of hydrogen-bond acceptors (Lipinski definition) is 5. The van der Waals surface area contributed by atoms with Gasteiger partial charge in [0.1, 0.15) is 17.5 Å². The monoisotopic (exact) mass is 308 g/mol. The van der Waals surface area contributed by atoms with Crippen molar-refractivity contribution in [3.63, 3.8) is 0 Å². The van der Waals surface area contributed by atoms with Crippen LogP contribution in [0.5, 0.6) is 5.75 Å². The lowest BCUT2D eigenvalue weighted by atomic mass is 9.84. The van der Waals surface area contributed by atoms with Crippen molar-refractivity contribution in [1.82, 2.24) is 0 Å². The van der Waals surface area contributed by atoms with Crippen LogP contribution in [0.1, 0.15) is 51.0 Å². The predicted molar refractivity (Wildman–Crippen MR) is 82.7 cm³/mol. The van der Waals surface area contributed by atoms with Gasteiger partial charge in [-0.3, -0.25) is 0 Å². The van der Waals surface area contributed by atoms with Crippen molar-refractivity contribution >= 4 is 0 Å². The van der Waals surface area contributed by atoms with E-state index in [4.69, 9.17) is 9.15 Å². The molecule has 122 valence electrons. The van der Waals surface area contributed by atoms with E-state index in [9.17, 15) is 15.0 Å². The van der Waals surface area contributed by atoms with Crippen LogP contribution in [0.15, 0.2) is 20.9 Å². The minimum absolute atomic E-state index is 0.0914. The molecule has 2 N–H and O–H groups in total. The fraction of sp³-hybridized carbons (Fsp3) is 0.588. The number of fused-ring (bicyclic) bond motifs is 1. The molecule has 1 aliphatic rings. The molecule has 1 aromatic rings. The van der Waals surface area contributed by atoms with Crippen molar-refractivity contribution in [3.05, 3.63) is 39.0 Å². The maximum Gasteiger partial charge on any atom is 0.342 e. The molecule has 0 spiro atoms. The van der Waals surface area contributed by atoms with Crippen LogP contribution >= 0.6 is 0 Å². The molecular weight excluding hydrogens is 284 g/mol. The van der Waals surface area contributed by atoms with Crippen molar-refractivity contribution in [3.8, 4) is 5.75 Å². The summed E-state index contributed by atoms with van der Waals surface area (Å²) in [5, 5.41) is 21.0. The number of rotatable bonds is 3. The molecule has 0 saturated heterocycles. The molecule has 0 unspecified atom stereocenters. The Kier molecular flexibility index (Phi) is 4.49. The van der Waals surface area contributed by atoms with Crippen molar-refractivity contribution in [2.24, 2.45) is 5.92 Å². The Morgan fingerprint density at radius 1 is 1.55 bits per heavy atom. The summed E-state index contributed by atoms with van der Waals surface area (Å²) >= 11 is 0. The lowest BCUT2D eigenvalue weighted by molar-refractivity contribution is -0.122. The van der Waals surface area contributed by atoms with Crippen LogP contribution in [0.4, 0.5) is 0 Å². The summed E-state index contributed by atoms with van der Waals surface area (Å²) < 4.78 is 11.0. The van der Waals surface area contributed by atoms with Crippen LogP contribution in [0.3, 0.4) is 0 Å². The summed E-state index contributed by atoms with van der Waals surface area (Å²) in [6, 6.07) is 0. The molecule has 0 aliphatic carbocycles. The summed E-state index contributed by atoms with van der Waals surface area (Å²) in [4.78, 5) is 11.8. The van der Waals surface area contributed by atoms with Gasteiger partial charge in [0.15, 0.2) is 5.76 Å². The molecule has 0 fully saturated rings. The quantitative estimate of drug-likeness (QED) is 0.839. The van der Waals surface area contributed by atoms with Gasteiger partial charge in [-0.25, -0.2) is 4.79 Å². The van der Waals surface area contributed by atoms with E-state index in [0.29, 0.717) is 11.5 Å². The highest BCUT2D eigenvalue weighted by atomic mass is 16.5. The second-order valence-corrected chi connectivity index (χ2v) is 6.31.